The van der Waals surface area contributed by atoms with Gasteiger partial charge >= 0.3 is 5.97 Å². The molecule has 3 aromatic carbocycles. The molecule has 2 atom stereocenters. The Bertz CT molecular complexity index is 1050. The van der Waals surface area contributed by atoms with Crippen LogP contribution in [0.15, 0.2) is 91.0 Å². The van der Waals surface area contributed by atoms with Crippen LogP contribution in [0.3, 0.4) is 0 Å². The summed E-state index contributed by atoms with van der Waals surface area (Å²) in [4.78, 5) is 38.5. The maximum Gasteiger partial charge on any atom is 0.328 e. The van der Waals surface area contributed by atoms with Crippen LogP contribution in [-0.4, -0.2) is 30.8 Å². The van der Waals surface area contributed by atoms with E-state index in [1.54, 1.807) is 0 Å². The highest BCUT2D eigenvalue weighted by atomic mass is 16.5. The Morgan fingerprint density at radius 3 is 1.80 bits per heavy atom. The van der Waals surface area contributed by atoms with Crippen LogP contribution in [0.4, 0.5) is 0 Å². The minimum atomic E-state index is -0.850. The van der Waals surface area contributed by atoms with Crippen molar-refractivity contribution in [3.05, 3.63) is 108 Å². The fourth-order valence-corrected chi connectivity index (χ4v) is 5.28. The Hall–Kier alpha value is -3.73. The second-order valence-corrected chi connectivity index (χ2v) is 9.14. The zero-order valence-electron chi connectivity index (χ0n) is 20.0. The van der Waals surface area contributed by atoms with E-state index in [2.05, 4.69) is 5.32 Å². The smallest absolute Gasteiger partial charge is 0.328 e. The van der Waals surface area contributed by atoms with Crippen LogP contribution >= 0.6 is 0 Å². The van der Waals surface area contributed by atoms with Crippen molar-refractivity contribution in [1.29, 1.82) is 0 Å². The molecule has 1 saturated carbocycles. The van der Waals surface area contributed by atoms with Gasteiger partial charge in [0.2, 0.25) is 5.91 Å². The van der Waals surface area contributed by atoms with Crippen molar-refractivity contribution in [2.24, 2.45) is 5.92 Å². The van der Waals surface area contributed by atoms with Gasteiger partial charge in [0, 0.05) is 19.3 Å². The lowest BCUT2D eigenvalue weighted by Crippen LogP contribution is -2.49. The molecule has 180 valence electrons. The number of carbonyl (C=O) groups is 3. The van der Waals surface area contributed by atoms with Gasteiger partial charge in [-0.2, -0.15) is 0 Å². The van der Waals surface area contributed by atoms with Crippen LogP contribution in [0, 0.1) is 5.92 Å². The summed E-state index contributed by atoms with van der Waals surface area (Å²) in [5.74, 6) is -0.915. The van der Waals surface area contributed by atoms with E-state index in [4.69, 9.17) is 4.74 Å². The van der Waals surface area contributed by atoms with E-state index in [-0.39, 0.29) is 30.4 Å². The predicted molar refractivity (Wildman–Crippen MR) is 135 cm³/mol. The van der Waals surface area contributed by atoms with Crippen LogP contribution in [0.5, 0.6) is 0 Å². The lowest BCUT2D eigenvalue weighted by Gasteiger charge is -2.36. The summed E-state index contributed by atoms with van der Waals surface area (Å²) in [6.45, 7) is 0. The molecule has 35 heavy (non-hydrogen) atoms. The monoisotopic (exact) mass is 469 g/mol. The maximum atomic E-state index is 13.7. The highest BCUT2D eigenvalue weighted by molar-refractivity contribution is 5.87. The van der Waals surface area contributed by atoms with E-state index < -0.39 is 17.4 Å². The zero-order chi connectivity index (χ0) is 24.7. The second kappa shape index (κ2) is 11.1. The number of ether oxygens (including phenoxy) is 1. The SMILES string of the molecule is COC(=O)[C@H](NC(=O)CC(c1ccccc1)(c1ccccc1)c1ccccc1)[C@@H]1CCCC(=O)C1. The number of benzene rings is 3. The van der Waals surface area contributed by atoms with Crippen LogP contribution < -0.4 is 5.32 Å². The Kier molecular flexibility index (Phi) is 7.76. The van der Waals surface area contributed by atoms with E-state index in [1.165, 1.54) is 7.11 Å². The fourth-order valence-electron chi connectivity index (χ4n) is 5.28. The molecule has 3 aromatic rings. The number of ketones is 1. The molecule has 5 nitrogen and oxygen atoms in total. The minimum absolute atomic E-state index is 0.0964. The first-order chi connectivity index (χ1) is 17.0. The third kappa shape index (κ3) is 5.35. The number of Topliss-reactive ketones (excluding diaryl/α,β-unsaturated/α-hetero) is 1. The summed E-state index contributed by atoms with van der Waals surface area (Å²) >= 11 is 0. The largest absolute Gasteiger partial charge is 0.467 e. The third-order valence-corrected chi connectivity index (χ3v) is 6.99. The summed E-state index contributed by atoms with van der Waals surface area (Å²) in [5, 5.41) is 2.96. The van der Waals surface area contributed by atoms with Gasteiger partial charge in [0.25, 0.3) is 0 Å². The number of hydrogen-bond acceptors (Lipinski definition) is 4. The van der Waals surface area contributed by atoms with E-state index in [1.807, 2.05) is 91.0 Å². The number of carbonyl (C=O) groups excluding carboxylic acids is 3. The van der Waals surface area contributed by atoms with Crippen molar-refractivity contribution in [3.8, 4) is 0 Å². The van der Waals surface area contributed by atoms with Gasteiger partial charge in [-0.1, -0.05) is 91.0 Å². The molecule has 0 aliphatic heterocycles. The maximum absolute atomic E-state index is 13.7. The number of rotatable bonds is 8. The molecule has 0 aromatic heterocycles. The van der Waals surface area contributed by atoms with Gasteiger partial charge in [0.15, 0.2) is 0 Å². The average Bonchev–Trinajstić information content (AvgIpc) is 2.91. The topological polar surface area (TPSA) is 72.5 Å². The van der Waals surface area contributed by atoms with Gasteiger partial charge in [0.1, 0.15) is 11.8 Å². The molecule has 1 N–H and O–H groups in total. The summed E-state index contributed by atoms with van der Waals surface area (Å²) in [7, 11) is 1.31. The van der Waals surface area contributed by atoms with Crippen LogP contribution in [0.2, 0.25) is 0 Å². The van der Waals surface area contributed by atoms with Crippen molar-refractivity contribution < 1.29 is 19.1 Å². The quantitative estimate of drug-likeness (QED) is 0.379. The highest BCUT2D eigenvalue weighted by Crippen LogP contribution is 2.42. The van der Waals surface area contributed by atoms with E-state index in [0.717, 1.165) is 23.1 Å². The van der Waals surface area contributed by atoms with Crippen molar-refractivity contribution in [2.45, 2.75) is 43.6 Å². The van der Waals surface area contributed by atoms with Gasteiger partial charge in [-0.25, -0.2) is 4.79 Å². The number of amides is 1. The van der Waals surface area contributed by atoms with E-state index >= 15 is 0 Å². The predicted octanol–water partition coefficient (Wildman–Crippen LogP) is 4.83. The summed E-state index contributed by atoms with van der Waals surface area (Å²) < 4.78 is 5.02. The fraction of sp³-hybridized carbons (Fsp3) is 0.300. The van der Waals surface area contributed by atoms with Gasteiger partial charge in [-0.3, -0.25) is 9.59 Å². The third-order valence-electron chi connectivity index (χ3n) is 6.99. The highest BCUT2D eigenvalue weighted by Gasteiger charge is 2.40. The lowest BCUT2D eigenvalue weighted by atomic mass is 9.67. The Morgan fingerprint density at radius 1 is 0.886 bits per heavy atom. The van der Waals surface area contributed by atoms with E-state index in [0.29, 0.717) is 12.8 Å². The molecule has 0 unspecified atom stereocenters. The van der Waals surface area contributed by atoms with Gasteiger partial charge in [0.05, 0.1) is 12.5 Å². The van der Waals surface area contributed by atoms with Crippen LogP contribution in [-0.2, 0) is 24.5 Å². The van der Waals surface area contributed by atoms with Gasteiger partial charge in [-0.15, -0.1) is 0 Å². The first kappa shape index (κ1) is 24.4. The molecule has 0 saturated heterocycles. The molecule has 0 radical (unpaired) electrons. The molecular formula is C30H31NO4. The Balaban J connectivity index is 1.75. The molecule has 1 aliphatic rings. The van der Waals surface area contributed by atoms with Gasteiger partial charge < -0.3 is 10.1 Å². The molecule has 0 bridgehead atoms. The van der Waals surface area contributed by atoms with Crippen molar-refractivity contribution in [3.63, 3.8) is 0 Å². The molecular weight excluding hydrogens is 438 g/mol. The molecule has 0 heterocycles. The van der Waals surface area contributed by atoms with Crippen LogP contribution in [0.1, 0.15) is 48.8 Å². The number of nitrogens with one attached hydrogen (secondary N) is 1. The molecule has 1 amide bonds. The first-order valence-corrected chi connectivity index (χ1v) is 12.1. The Morgan fingerprint density at radius 2 is 1.37 bits per heavy atom. The molecule has 4 rings (SSSR count). The normalized spacial score (nSPS) is 16.8. The minimum Gasteiger partial charge on any atom is -0.467 e. The standard InChI is InChI=1S/C30H31NO4/c1-35-29(34)28(22-12-11-19-26(32)20-22)31-27(33)21-30(23-13-5-2-6-14-23,24-15-7-3-8-16-24)25-17-9-4-10-18-25/h2-10,13-18,22,28H,11-12,19-21H2,1H3,(H,31,33)/t22-,28-/m1/s1. The summed E-state index contributed by atoms with van der Waals surface area (Å²) in [6.07, 6.45) is 2.32. The number of methoxy groups -OCH3 is 1. The molecule has 0 spiro atoms. The summed E-state index contributed by atoms with van der Waals surface area (Å²) in [6, 6.07) is 29.0. The number of esters is 1. The molecule has 5 heteroatoms. The molecule has 1 fully saturated rings. The Labute approximate surface area is 206 Å². The lowest BCUT2D eigenvalue weighted by molar-refractivity contribution is -0.147. The number of hydrogen-bond donors (Lipinski definition) is 1. The van der Waals surface area contributed by atoms with Crippen molar-refractivity contribution >= 4 is 17.7 Å². The second-order valence-electron chi connectivity index (χ2n) is 9.14. The van der Waals surface area contributed by atoms with Crippen LogP contribution in [0.25, 0.3) is 0 Å². The average molecular weight is 470 g/mol. The molecule has 1 aliphatic carbocycles. The van der Waals surface area contributed by atoms with Gasteiger partial charge in [-0.05, 0) is 35.4 Å². The van der Waals surface area contributed by atoms with Crippen molar-refractivity contribution in [1.82, 2.24) is 5.32 Å². The zero-order valence-corrected chi connectivity index (χ0v) is 20.0. The first-order valence-electron chi connectivity index (χ1n) is 12.1. The van der Waals surface area contributed by atoms with E-state index in [9.17, 15) is 14.4 Å². The summed E-state index contributed by atoms with van der Waals surface area (Å²) in [5.41, 5.74) is 2.18. The van der Waals surface area contributed by atoms with Crippen molar-refractivity contribution in [2.75, 3.05) is 7.11 Å².